The molecule has 1 saturated heterocycles. The number of carbonyl (C=O) groups is 2. The molecular formula is C14H19N3O4. The Morgan fingerprint density at radius 2 is 1.71 bits per heavy atom. The van der Waals surface area contributed by atoms with Crippen molar-refractivity contribution in [3.05, 3.63) is 23.8 Å². The van der Waals surface area contributed by atoms with Crippen molar-refractivity contribution in [2.45, 2.75) is 0 Å². The molecule has 0 saturated carbocycles. The first-order valence-electron chi connectivity index (χ1n) is 6.63. The summed E-state index contributed by atoms with van der Waals surface area (Å²) in [4.78, 5) is 27.2. The van der Waals surface area contributed by atoms with Crippen LogP contribution in [0.2, 0.25) is 0 Å². The molecule has 0 radical (unpaired) electrons. The van der Waals surface area contributed by atoms with E-state index < -0.39 is 0 Å². The molecule has 0 unspecified atom stereocenters. The third kappa shape index (κ3) is 3.01. The summed E-state index contributed by atoms with van der Waals surface area (Å²) in [5.74, 6) is 0.238. The number of carbonyl (C=O) groups excluding carboxylic acids is 2. The molecule has 1 aromatic carbocycles. The largest absolute Gasteiger partial charge is 0.494 e. The van der Waals surface area contributed by atoms with Crippen molar-refractivity contribution in [3.63, 3.8) is 0 Å². The van der Waals surface area contributed by atoms with E-state index in [0.29, 0.717) is 43.2 Å². The lowest BCUT2D eigenvalue weighted by atomic mass is 10.1. The Kier molecular flexibility index (Phi) is 4.52. The van der Waals surface area contributed by atoms with Crippen LogP contribution in [0.1, 0.15) is 10.4 Å². The van der Waals surface area contributed by atoms with Crippen molar-refractivity contribution >= 4 is 17.7 Å². The molecule has 0 spiro atoms. The van der Waals surface area contributed by atoms with Crippen LogP contribution in [-0.2, 0) is 4.74 Å². The summed E-state index contributed by atoms with van der Waals surface area (Å²) < 4.78 is 9.88. The van der Waals surface area contributed by atoms with E-state index in [4.69, 9.17) is 10.5 Å². The molecule has 2 rings (SSSR count). The first-order chi connectivity index (χ1) is 10.1. The third-order valence-corrected chi connectivity index (χ3v) is 3.48. The van der Waals surface area contributed by atoms with Gasteiger partial charge in [0.1, 0.15) is 0 Å². The van der Waals surface area contributed by atoms with Crippen LogP contribution in [0.3, 0.4) is 0 Å². The van der Waals surface area contributed by atoms with Crippen LogP contribution in [0.25, 0.3) is 0 Å². The zero-order valence-electron chi connectivity index (χ0n) is 12.2. The summed E-state index contributed by atoms with van der Waals surface area (Å²) in [6.07, 6.45) is -0.372. The number of anilines is 1. The molecule has 21 heavy (non-hydrogen) atoms. The van der Waals surface area contributed by atoms with Crippen molar-refractivity contribution in [1.29, 1.82) is 0 Å². The summed E-state index contributed by atoms with van der Waals surface area (Å²) in [6.45, 7) is 1.80. The SMILES string of the molecule is COC(=O)N1CCN(C(=O)c2cccc(N)c2OC)CC1. The molecular weight excluding hydrogens is 274 g/mol. The standard InChI is InChI=1S/C14H19N3O4/c1-20-12-10(4-3-5-11(12)15)13(18)16-6-8-17(9-7-16)14(19)21-2/h3-5H,6-9,15H2,1-2H3. The lowest BCUT2D eigenvalue weighted by Crippen LogP contribution is -2.50. The summed E-state index contributed by atoms with van der Waals surface area (Å²) in [7, 11) is 2.83. The lowest BCUT2D eigenvalue weighted by Gasteiger charge is -2.34. The van der Waals surface area contributed by atoms with Gasteiger partial charge in [0.05, 0.1) is 25.5 Å². The summed E-state index contributed by atoms with van der Waals surface area (Å²) in [5, 5.41) is 0. The molecule has 7 heteroatoms. The maximum atomic E-state index is 12.5. The number of ether oxygens (including phenoxy) is 2. The van der Waals surface area contributed by atoms with Crippen LogP contribution in [-0.4, -0.2) is 62.2 Å². The fraction of sp³-hybridized carbons (Fsp3) is 0.429. The van der Waals surface area contributed by atoms with Gasteiger partial charge in [0.15, 0.2) is 5.75 Å². The molecule has 0 aromatic heterocycles. The van der Waals surface area contributed by atoms with Crippen molar-refractivity contribution in [1.82, 2.24) is 9.80 Å². The fourth-order valence-corrected chi connectivity index (χ4v) is 2.34. The predicted molar refractivity (Wildman–Crippen MR) is 77.3 cm³/mol. The maximum absolute atomic E-state index is 12.5. The number of nitrogens with zero attached hydrogens (tertiary/aromatic N) is 2. The topological polar surface area (TPSA) is 85.1 Å². The molecule has 114 valence electrons. The van der Waals surface area contributed by atoms with Gasteiger partial charge < -0.3 is 25.0 Å². The Morgan fingerprint density at radius 3 is 2.29 bits per heavy atom. The number of benzene rings is 1. The van der Waals surface area contributed by atoms with E-state index in [1.54, 1.807) is 28.0 Å². The smallest absolute Gasteiger partial charge is 0.409 e. The minimum Gasteiger partial charge on any atom is -0.494 e. The van der Waals surface area contributed by atoms with Crippen molar-refractivity contribution < 1.29 is 19.1 Å². The molecule has 0 bridgehead atoms. The number of amides is 2. The quantitative estimate of drug-likeness (QED) is 0.815. The second kappa shape index (κ2) is 6.34. The third-order valence-electron chi connectivity index (χ3n) is 3.48. The van der Waals surface area contributed by atoms with Crippen LogP contribution in [0.15, 0.2) is 18.2 Å². The van der Waals surface area contributed by atoms with Gasteiger partial charge in [-0.2, -0.15) is 0 Å². The van der Waals surface area contributed by atoms with Crippen LogP contribution in [0.5, 0.6) is 5.75 Å². The van der Waals surface area contributed by atoms with Gasteiger partial charge in [-0.1, -0.05) is 6.07 Å². The van der Waals surface area contributed by atoms with Gasteiger partial charge in [0.25, 0.3) is 5.91 Å². The molecule has 7 nitrogen and oxygen atoms in total. The highest BCUT2D eigenvalue weighted by atomic mass is 16.5. The van der Waals surface area contributed by atoms with Crippen molar-refractivity contribution in [2.75, 3.05) is 46.1 Å². The molecule has 1 aliphatic rings. The van der Waals surface area contributed by atoms with Gasteiger partial charge in [-0.05, 0) is 12.1 Å². The number of piperazine rings is 1. The number of nitrogens with two attached hydrogens (primary N) is 1. The van der Waals surface area contributed by atoms with Gasteiger partial charge in [0, 0.05) is 26.2 Å². The number of methoxy groups -OCH3 is 2. The van der Waals surface area contributed by atoms with E-state index in [-0.39, 0.29) is 12.0 Å². The lowest BCUT2D eigenvalue weighted by molar-refractivity contribution is 0.0597. The number of rotatable bonds is 2. The Bertz CT molecular complexity index is 539. The highest BCUT2D eigenvalue weighted by Gasteiger charge is 2.27. The summed E-state index contributed by atoms with van der Waals surface area (Å²) >= 11 is 0. The van der Waals surface area contributed by atoms with E-state index in [1.165, 1.54) is 14.2 Å². The zero-order valence-corrected chi connectivity index (χ0v) is 12.2. The van der Waals surface area contributed by atoms with Crippen LogP contribution in [0.4, 0.5) is 10.5 Å². The van der Waals surface area contributed by atoms with E-state index in [2.05, 4.69) is 4.74 Å². The predicted octanol–water partition coefficient (Wildman–Crippen LogP) is 0.802. The number of hydrogen-bond donors (Lipinski definition) is 1. The van der Waals surface area contributed by atoms with Gasteiger partial charge in [-0.3, -0.25) is 4.79 Å². The number of para-hydroxylation sites is 1. The maximum Gasteiger partial charge on any atom is 0.409 e. The average Bonchev–Trinajstić information content (AvgIpc) is 2.53. The minimum atomic E-state index is -0.372. The van der Waals surface area contributed by atoms with Crippen molar-refractivity contribution in [2.24, 2.45) is 0 Å². The molecule has 0 aliphatic carbocycles. The molecule has 1 heterocycles. The van der Waals surface area contributed by atoms with E-state index in [1.807, 2.05) is 0 Å². The Balaban J connectivity index is 2.09. The van der Waals surface area contributed by atoms with Crippen LogP contribution >= 0.6 is 0 Å². The molecule has 2 amide bonds. The molecule has 1 aliphatic heterocycles. The second-order valence-corrected chi connectivity index (χ2v) is 4.68. The highest BCUT2D eigenvalue weighted by molar-refractivity contribution is 5.98. The highest BCUT2D eigenvalue weighted by Crippen LogP contribution is 2.27. The van der Waals surface area contributed by atoms with Crippen molar-refractivity contribution in [3.8, 4) is 5.75 Å². The zero-order chi connectivity index (χ0) is 15.4. The Labute approximate surface area is 123 Å². The van der Waals surface area contributed by atoms with Crippen LogP contribution in [0, 0.1) is 0 Å². The number of hydrogen-bond acceptors (Lipinski definition) is 5. The fourth-order valence-electron chi connectivity index (χ4n) is 2.34. The van der Waals surface area contributed by atoms with Gasteiger partial charge in [-0.25, -0.2) is 4.79 Å². The number of nitrogen functional groups attached to an aromatic ring is 1. The van der Waals surface area contributed by atoms with Gasteiger partial charge in [0.2, 0.25) is 0 Å². The average molecular weight is 293 g/mol. The normalized spacial score (nSPS) is 14.8. The minimum absolute atomic E-state index is 0.149. The molecule has 0 atom stereocenters. The first kappa shape index (κ1) is 15.0. The van der Waals surface area contributed by atoms with E-state index in [9.17, 15) is 9.59 Å². The first-order valence-corrected chi connectivity index (χ1v) is 6.63. The Morgan fingerprint density at radius 1 is 1.10 bits per heavy atom. The molecule has 2 N–H and O–H groups in total. The van der Waals surface area contributed by atoms with E-state index >= 15 is 0 Å². The Hall–Kier alpha value is -2.44. The van der Waals surface area contributed by atoms with Gasteiger partial charge >= 0.3 is 6.09 Å². The summed E-state index contributed by atoms with van der Waals surface area (Å²) in [5.41, 5.74) is 6.68. The second-order valence-electron chi connectivity index (χ2n) is 4.68. The van der Waals surface area contributed by atoms with E-state index in [0.717, 1.165) is 0 Å². The van der Waals surface area contributed by atoms with Gasteiger partial charge in [-0.15, -0.1) is 0 Å². The summed E-state index contributed by atoms with van der Waals surface area (Å²) in [6, 6.07) is 5.09. The molecule has 1 fully saturated rings. The monoisotopic (exact) mass is 293 g/mol. The van der Waals surface area contributed by atoms with Crippen LogP contribution < -0.4 is 10.5 Å². The molecule has 1 aromatic rings.